The van der Waals surface area contributed by atoms with Crippen LogP contribution in [0.15, 0.2) is 30.5 Å². The van der Waals surface area contributed by atoms with Crippen LogP contribution in [-0.4, -0.2) is 10.2 Å². The average Bonchev–Trinajstić information content (AvgIpc) is 2.17. The van der Waals surface area contributed by atoms with Crippen molar-refractivity contribution in [3.05, 3.63) is 36.0 Å². The highest BCUT2D eigenvalue weighted by Crippen LogP contribution is 2.13. The number of hydrogen-bond acceptors (Lipinski definition) is 2. The molecule has 0 saturated heterocycles. The molecule has 0 spiro atoms. The largest absolute Gasteiger partial charge is 0.159 e. The van der Waals surface area contributed by atoms with Gasteiger partial charge in [0.25, 0.3) is 0 Å². The predicted octanol–water partition coefficient (Wildman–Crippen LogP) is 2.37. The summed E-state index contributed by atoms with van der Waals surface area (Å²) in [5.74, 6) is 0.540. The fourth-order valence-electron chi connectivity index (χ4n) is 1.12. The number of rotatable bonds is 1. The van der Waals surface area contributed by atoms with Crippen molar-refractivity contribution in [3.63, 3.8) is 0 Å². The molecule has 0 aliphatic carbocycles. The maximum absolute atomic E-state index is 5.69. The molecule has 3 heteroatoms. The Labute approximate surface area is 75.2 Å². The summed E-state index contributed by atoms with van der Waals surface area (Å²) in [7, 11) is 0. The van der Waals surface area contributed by atoms with Gasteiger partial charge in [-0.15, -0.1) is 11.6 Å². The molecule has 0 aliphatic heterocycles. The molecule has 1 heterocycles. The summed E-state index contributed by atoms with van der Waals surface area (Å²) >= 11 is 5.69. The van der Waals surface area contributed by atoms with Gasteiger partial charge in [0.2, 0.25) is 0 Å². The van der Waals surface area contributed by atoms with Crippen LogP contribution < -0.4 is 0 Å². The van der Waals surface area contributed by atoms with Crippen molar-refractivity contribution < 1.29 is 0 Å². The van der Waals surface area contributed by atoms with Crippen molar-refractivity contribution in [1.29, 1.82) is 0 Å². The fourth-order valence-corrected chi connectivity index (χ4v) is 1.29. The van der Waals surface area contributed by atoms with Crippen LogP contribution in [-0.2, 0) is 5.88 Å². The van der Waals surface area contributed by atoms with Crippen LogP contribution in [0.4, 0.5) is 0 Å². The van der Waals surface area contributed by atoms with E-state index in [1.54, 1.807) is 6.20 Å². The van der Waals surface area contributed by atoms with Crippen molar-refractivity contribution in [3.8, 4) is 0 Å². The summed E-state index contributed by atoms with van der Waals surface area (Å²) in [6.45, 7) is 0. The van der Waals surface area contributed by atoms with Gasteiger partial charge in [-0.1, -0.05) is 6.07 Å². The first-order valence-corrected chi connectivity index (χ1v) is 4.20. The zero-order valence-corrected chi connectivity index (χ0v) is 7.12. The minimum Gasteiger partial charge on any atom is -0.159 e. The van der Waals surface area contributed by atoms with Crippen LogP contribution in [0, 0.1) is 0 Å². The van der Waals surface area contributed by atoms with E-state index in [-0.39, 0.29) is 0 Å². The van der Waals surface area contributed by atoms with Crippen molar-refractivity contribution in [1.82, 2.24) is 10.2 Å². The van der Waals surface area contributed by atoms with Gasteiger partial charge < -0.3 is 0 Å². The van der Waals surface area contributed by atoms with Gasteiger partial charge in [0.05, 0.1) is 11.7 Å². The van der Waals surface area contributed by atoms with E-state index in [0.29, 0.717) is 5.88 Å². The number of fused-ring (bicyclic) bond motifs is 1. The van der Waals surface area contributed by atoms with Crippen LogP contribution >= 0.6 is 11.6 Å². The summed E-state index contributed by atoms with van der Waals surface area (Å²) in [5, 5.41) is 8.84. The molecule has 60 valence electrons. The van der Waals surface area contributed by atoms with E-state index in [1.165, 1.54) is 0 Å². The van der Waals surface area contributed by atoms with E-state index in [0.717, 1.165) is 16.5 Å². The lowest BCUT2D eigenvalue weighted by Gasteiger charge is -1.97. The summed E-state index contributed by atoms with van der Waals surface area (Å²) < 4.78 is 0. The van der Waals surface area contributed by atoms with Gasteiger partial charge in [0.1, 0.15) is 0 Å². The Morgan fingerprint density at radius 2 is 2.17 bits per heavy atom. The summed E-state index contributed by atoms with van der Waals surface area (Å²) in [5.41, 5.74) is 2.02. The zero-order valence-electron chi connectivity index (χ0n) is 6.37. The highest BCUT2D eigenvalue weighted by molar-refractivity contribution is 6.17. The van der Waals surface area contributed by atoms with Crippen molar-refractivity contribution in [2.24, 2.45) is 0 Å². The Balaban J connectivity index is 2.67. The third kappa shape index (κ3) is 1.25. The Morgan fingerprint density at radius 3 is 3.00 bits per heavy atom. The van der Waals surface area contributed by atoms with Crippen molar-refractivity contribution in [2.75, 3.05) is 0 Å². The maximum Gasteiger partial charge on any atom is 0.0929 e. The van der Waals surface area contributed by atoms with Crippen LogP contribution in [0.25, 0.3) is 10.9 Å². The molecule has 0 unspecified atom stereocenters. The minimum absolute atomic E-state index is 0.540. The third-order valence-corrected chi connectivity index (χ3v) is 2.04. The lowest BCUT2D eigenvalue weighted by Crippen LogP contribution is -1.83. The average molecular weight is 179 g/mol. The van der Waals surface area contributed by atoms with Gasteiger partial charge in [0, 0.05) is 11.3 Å². The number of aromatic nitrogens is 2. The topological polar surface area (TPSA) is 25.8 Å². The Kier molecular flexibility index (Phi) is 1.92. The molecule has 0 saturated carbocycles. The molecular weight excluding hydrogens is 172 g/mol. The lowest BCUT2D eigenvalue weighted by atomic mass is 10.2. The first kappa shape index (κ1) is 7.50. The molecule has 0 atom stereocenters. The second-order valence-corrected chi connectivity index (χ2v) is 2.83. The summed E-state index contributed by atoms with van der Waals surface area (Å²) in [6.07, 6.45) is 1.68. The monoisotopic (exact) mass is 178 g/mol. The highest BCUT2D eigenvalue weighted by Gasteiger charge is 1.95. The van der Waals surface area contributed by atoms with Gasteiger partial charge in [-0.25, -0.2) is 0 Å². The Morgan fingerprint density at radius 1 is 1.25 bits per heavy atom. The number of alkyl halides is 1. The van der Waals surface area contributed by atoms with Crippen LogP contribution in [0.2, 0.25) is 0 Å². The van der Waals surface area contributed by atoms with Gasteiger partial charge in [0.15, 0.2) is 0 Å². The first-order chi connectivity index (χ1) is 5.90. The number of halogens is 1. The van der Waals surface area contributed by atoms with Gasteiger partial charge in [-0.2, -0.15) is 10.2 Å². The predicted molar refractivity (Wildman–Crippen MR) is 49.1 cm³/mol. The van der Waals surface area contributed by atoms with E-state index < -0.39 is 0 Å². The standard InChI is InChI=1S/C9H7ClN2/c10-6-7-1-2-9-8(5-7)3-4-11-12-9/h1-5H,6H2. The molecule has 12 heavy (non-hydrogen) atoms. The molecule has 1 aromatic carbocycles. The molecule has 2 rings (SSSR count). The van der Waals surface area contributed by atoms with Crippen LogP contribution in [0.1, 0.15) is 5.56 Å². The van der Waals surface area contributed by atoms with E-state index in [4.69, 9.17) is 11.6 Å². The highest BCUT2D eigenvalue weighted by atomic mass is 35.5. The molecular formula is C9H7ClN2. The maximum atomic E-state index is 5.69. The van der Waals surface area contributed by atoms with Crippen molar-refractivity contribution >= 4 is 22.5 Å². The quantitative estimate of drug-likeness (QED) is 0.627. The van der Waals surface area contributed by atoms with Gasteiger partial charge in [-0.3, -0.25) is 0 Å². The molecule has 1 aromatic heterocycles. The molecule has 0 radical (unpaired) electrons. The second kappa shape index (κ2) is 3.07. The SMILES string of the molecule is ClCc1ccc2nnccc2c1. The lowest BCUT2D eigenvalue weighted by molar-refractivity contribution is 1.07. The molecule has 0 fully saturated rings. The molecule has 0 amide bonds. The van der Waals surface area contributed by atoms with E-state index >= 15 is 0 Å². The van der Waals surface area contributed by atoms with Crippen LogP contribution in [0.3, 0.4) is 0 Å². The second-order valence-electron chi connectivity index (χ2n) is 2.56. The first-order valence-electron chi connectivity index (χ1n) is 3.66. The molecule has 0 N–H and O–H groups in total. The normalized spacial score (nSPS) is 10.4. The molecule has 2 aromatic rings. The number of nitrogens with zero attached hydrogens (tertiary/aromatic N) is 2. The Bertz CT molecular complexity index is 400. The fraction of sp³-hybridized carbons (Fsp3) is 0.111. The van der Waals surface area contributed by atoms with Crippen molar-refractivity contribution in [2.45, 2.75) is 5.88 Å². The van der Waals surface area contributed by atoms with Crippen LogP contribution in [0.5, 0.6) is 0 Å². The zero-order chi connectivity index (χ0) is 8.39. The Hall–Kier alpha value is -1.15. The summed E-state index contributed by atoms with van der Waals surface area (Å²) in [4.78, 5) is 0. The van der Waals surface area contributed by atoms with E-state index in [9.17, 15) is 0 Å². The summed E-state index contributed by atoms with van der Waals surface area (Å²) in [6, 6.07) is 7.85. The van der Waals surface area contributed by atoms with Gasteiger partial charge in [-0.05, 0) is 23.8 Å². The molecule has 2 nitrogen and oxygen atoms in total. The smallest absolute Gasteiger partial charge is 0.0929 e. The molecule has 0 aliphatic rings. The minimum atomic E-state index is 0.540. The van der Waals surface area contributed by atoms with E-state index in [1.807, 2.05) is 24.3 Å². The third-order valence-electron chi connectivity index (χ3n) is 1.73. The van der Waals surface area contributed by atoms with Gasteiger partial charge >= 0.3 is 0 Å². The molecule has 0 bridgehead atoms. The number of hydrogen-bond donors (Lipinski definition) is 0. The van der Waals surface area contributed by atoms with E-state index in [2.05, 4.69) is 10.2 Å². The number of benzene rings is 1.